The lowest BCUT2D eigenvalue weighted by Gasteiger charge is -2.08. The normalized spacial score (nSPS) is 10.9. The van der Waals surface area contributed by atoms with Gasteiger partial charge in [0.05, 0.1) is 5.56 Å². The minimum Gasteiger partial charge on any atom is -0.358 e. The summed E-state index contributed by atoms with van der Waals surface area (Å²) >= 11 is 0. The molecule has 5 heteroatoms. The number of nitrogens with zero attached hydrogens (tertiary/aromatic N) is 1. The molecule has 0 spiro atoms. The quantitative estimate of drug-likeness (QED) is 0.443. The Kier molecular flexibility index (Phi) is 3.54. The first-order chi connectivity index (χ1) is 12.1. The number of hydrogen-bond donors (Lipinski definition) is 2. The Morgan fingerprint density at radius 2 is 1.84 bits per heavy atom. The molecule has 2 aromatic heterocycles. The van der Waals surface area contributed by atoms with Crippen LogP contribution in [-0.2, 0) is 4.79 Å². The number of H-pyrrole nitrogens is 1. The molecule has 4 rings (SSSR count). The van der Waals surface area contributed by atoms with Crippen molar-refractivity contribution in [3.8, 4) is 0 Å². The van der Waals surface area contributed by atoms with Gasteiger partial charge in [0.15, 0.2) is 0 Å². The number of rotatable bonds is 3. The molecule has 5 nitrogen and oxygen atoms in total. The van der Waals surface area contributed by atoms with Crippen LogP contribution in [0, 0.1) is 6.92 Å². The molecule has 0 saturated carbocycles. The van der Waals surface area contributed by atoms with Crippen LogP contribution in [0.15, 0.2) is 60.9 Å². The molecule has 0 fully saturated rings. The number of amides is 1. The van der Waals surface area contributed by atoms with Gasteiger partial charge in [0, 0.05) is 45.5 Å². The van der Waals surface area contributed by atoms with Gasteiger partial charge in [-0.2, -0.15) is 0 Å². The average molecular weight is 329 g/mol. The lowest BCUT2D eigenvalue weighted by molar-refractivity contribution is -0.112. The number of carbonyl (C=O) groups excluding carboxylic acids is 2. The summed E-state index contributed by atoms with van der Waals surface area (Å²) < 4.78 is 0. The number of carbonyl (C=O) groups is 2. The number of aromatic amines is 1. The SMILES string of the molecule is Cc1[nH]c2ccccc2c1C(=O)C(=O)Nc1cccc2cnccc12. The number of nitrogens with one attached hydrogen (secondary N) is 2. The maximum Gasteiger partial charge on any atom is 0.296 e. The lowest BCUT2D eigenvalue weighted by Crippen LogP contribution is -2.23. The first kappa shape index (κ1) is 15.1. The van der Waals surface area contributed by atoms with E-state index in [2.05, 4.69) is 15.3 Å². The van der Waals surface area contributed by atoms with Crippen molar-refractivity contribution in [3.63, 3.8) is 0 Å². The van der Waals surface area contributed by atoms with E-state index >= 15 is 0 Å². The maximum atomic E-state index is 12.7. The molecule has 0 saturated heterocycles. The molecular weight excluding hydrogens is 314 g/mol. The number of aryl methyl sites for hydroxylation is 1. The van der Waals surface area contributed by atoms with E-state index in [-0.39, 0.29) is 0 Å². The van der Waals surface area contributed by atoms with Gasteiger partial charge in [0.25, 0.3) is 11.7 Å². The highest BCUT2D eigenvalue weighted by Crippen LogP contribution is 2.25. The summed E-state index contributed by atoms with van der Waals surface area (Å²) in [6, 6.07) is 14.8. The van der Waals surface area contributed by atoms with E-state index in [1.165, 1.54) is 0 Å². The van der Waals surface area contributed by atoms with Crippen LogP contribution in [0.25, 0.3) is 21.7 Å². The second kappa shape index (κ2) is 5.87. The molecule has 0 radical (unpaired) electrons. The fourth-order valence-corrected chi connectivity index (χ4v) is 3.09. The zero-order chi connectivity index (χ0) is 17.4. The van der Waals surface area contributed by atoms with Crippen LogP contribution in [0.1, 0.15) is 16.1 Å². The Balaban J connectivity index is 1.71. The fourth-order valence-electron chi connectivity index (χ4n) is 3.09. The average Bonchev–Trinajstić information content (AvgIpc) is 2.97. The number of pyridine rings is 1. The molecule has 0 bridgehead atoms. The number of para-hydroxylation sites is 1. The van der Waals surface area contributed by atoms with Crippen LogP contribution in [0.2, 0.25) is 0 Å². The predicted molar refractivity (Wildman–Crippen MR) is 97.7 cm³/mol. The summed E-state index contributed by atoms with van der Waals surface area (Å²) in [7, 11) is 0. The van der Waals surface area contributed by atoms with Gasteiger partial charge >= 0.3 is 0 Å². The van der Waals surface area contributed by atoms with Gasteiger partial charge in [-0.15, -0.1) is 0 Å². The number of Topliss-reactive ketones (excluding diaryl/α,β-unsaturated/α-hetero) is 1. The number of aromatic nitrogens is 2. The summed E-state index contributed by atoms with van der Waals surface area (Å²) in [6.45, 7) is 1.80. The number of hydrogen-bond acceptors (Lipinski definition) is 3. The third-order valence-corrected chi connectivity index (χ3v) is 4.26. The summed E-state index contributed by atoms with van der Waals surface area (Å²) in [5.74, 6) is -1.21. The summed E-state index contributed by atoms with van der Waals surface area (Å²) in [6.07, 6.45) is 3.38. The van der Waals surface area contributed by atoms with Crippen molar-refractivity contribution >= 4 is 39.1 Å². The van der Waals surface area contributed by atoms with E-state index < -0.39 is 11.7 Å². The lowest BCUT2D eigenvalue weighted by atomic mass is 10.1. The van der Waals surface area contributed by atoms with Crippen molar-refractivity contribution in [1.82, 2.24) is 9.97 Å². The molecule has 2 N–H and O–H groups in total. The largest absolute Gasteiger partial charge is 0.358 e. The van der Waals surface area contributed by atoms with Gasteiger partial charge in [-0.05, 0) is 25.1 Å². The molecule has 25 heavy (non-hydrogen) atoms. The highest BCUT2D eigenvalue weighted by molar-refractivity contribution is 6.49. The number of anilines is 1. The number of ketones is 1. The second-order valence-electron chi connectivity index (χ2n) is 5.86. The highest BCUT2D eigenvalue weighted by atomic mass is 16.2. The van der Waals surface area contributed by atoms with Gasteiger partial charge in [0.1, 0.15) is 0 Å². The van der Waals surface area contributed by atoms with E-state index in [1.807, 2.05) is 42.5 Å². The molecule has 1 amide bonds. The van der Waals surface area contributed by atoms with Crippen LogP contribution in [0.5, 0.6) is 0 Å². The van der Waals surface area contributed by atoms with Crippen molar-refractivity contribution in [3.05, 3.63) is 72.2 Å². The van der Waals surface area contributed by atoms with Crippen LogP contribution >= 0.6 is 0 Å². The van der Waals surface area contributed by atoms with Crippen molar-refractivity contribution in [1.29, 1.82) is 0 Å². The van der Waals surface area contributed by atoms with Crippen molar-refractivity contribution in [2.75, 3.05) is 5.32 Å². The first-order valence-electron chi connectivity index (χ1n) is 7.91. The predicted octanol–water partition coefficient (Wildman–Crippen LogP) is 3.85. The van der Waals surface area contributed by atoms with E-state index in [1.54, 1.807) is 25.4 Å². The summed E-state index contributed by atoms with van der Waals surface area (Å²) in [5, 5.41) is 5.23. The third kappa shape index (κ3) is 2.55. The maximum absolute atomic E-state index is 12.7. The smallest absolute Gasteiger partial charge is 0.296 e. The molecule has 0 aliphatic rings. The monoisotopic (exact) mass is 329 g/mol. The molecular formula is C20H15N3O2. The molecule has 122 valence electrons. The van der Waals surface area contributed by atoms with Crippen molar-refractivity contribution in [2.24, 2.45) is 0 Å². The Bertz CT molecular complexity index is 1120. The highest BCUT2D eigenvalue weighted by Gasteiger charge is 2.23. The van der Waals surface area contributed by atoms with E-state index in [0.29, 0.717) is 16.9 Å². The van der Waals surface area contributed by atoms with E-state index in [9.17, 15) is 9.59 Å². The summed E-state index contributed by atoms with van der Waals surface area (Å²) in [4.78, 5) is 32.5. The standard InChI is InChI=1S/C20H15N3O2/c1-12-18(15-6-2-3-7-17(15)22-12)19(24)20(25)23-16-8-4-5-13-11-21-10-9-14(13)16/h2-11,22H,1H3,(H,23,25). The van der Waals surface area contributed by atoms with E-state index in [0.717, 1.165) is 21.7 Å². The van der Waals surface area contributed by atoms with Crippen LogP contribution in [0.4, 0.5) is 5.69 Å². The molecule has 0 atom stereocenters. The molecule has 0 aliphatic heterocycles. The Hall–Kier alpha value is -3.47. The van der Waals surface area contributed by atoms with Gasteiger partial charge in [0.2, 0.25) is 0 Å². The fraction of sp³-hybridized carbons (Fsp3) is 0.0500. The topological polar surface area (TPSA) is 74.8 Å². The summed E-state index contributed by atoms with van der Waals surface area (Å²) in [5.41, 5.74) is 2.53. The molecule has 0 unspecified atom stereocenters. The Labute approximate surface area is 143 Å². The Morgan fingerprint density at radius 3 is 2.72 bits per heavy atom. The second-order valence-corrected chi connectivity index (χ2v) is 5.86. The zero-order valence-electron chi connectivity index (χ0n) is 13.5. The molecule has 0 aliphatic carbocycles. The molecule has 2 aromatic carbocycles. The minimum atomic E-state index is -0.655. The number of benzene rings is 2. The van der Waals surface area contributed by atoms with Crippen molar-refractivity contribution in [2.45, 2.75) is 6.92 Å². The van der Waals surface area contributed by atoms with Gasteiger partial charge in [-0.1, -0.05) is 30.3 Å². The van der Waals surface area contributed by atoms with Crippen LogP contribution in [-0.4, -0.2) is 21.7 Å². The Morgan fingerprint density at radius 1 is 1.00 bits per heavy atom. The van der Waals surface area contributed by atoms with Crippen LogP contribution < -0.4 is 5.32 Å². The van der Waals surface area contributed by atoms with Gasteiger partial charge < -0.3 is 10.3 Å². The first-order valence-corrected chi connectivity index (χ1v) is 7.91. The van der Waals surface area contributed by atoms with Gasteiger partial charge in [-0.3, -0.25) is 14.6 Å². The minimum absolute atomic E-state index is 0.412. The van der Waals surface area contributed by atoms with Crippen LogP contribution in [0.3, 0.4) is 0 Å². The van der Waals surface area contributed by atoms with Crippen molar-refractivity contribution < 1.29 is 9.59 Å². The third-order valence-electron chi connectivity index (χ3n) is 4.26. The van der Waals surface area contributed by atoms with Gasteiger partial charge in [-0.25, -0.2) is 0 Å². The zero-order valence-corrected chi connectivity index (χ0v) is 13.5. The number of fused-ring (bicyclic) bond motifs is 2. The molecule has 4 aromatic rings. The van der Waals surface area contributed by atoms with E-state index in [4.69, 9.17) is 0 Å². The molecule has 2 heterocycles.